The number of nitrogens with one attached hydrogen (secondary N) is 2. The van der Waals surface area contributed by atoms with Gasteiger partial charge in [0.05, 0.1) is 6.54 Å². The van der Waals surface area contributed by atoms with E-state index in [4.69, 9.17) is 0 Å². The first-order chi connectivity index (χ1) is 12.2. The van der Waals surface area contributed by atoms with Gasteiger partial charge in [-0.25, -0.2) is 0 Å². The van der Waals surface area contributed by atoms with Crippen LogP contribution in [0.3, 0.4) is 0 Å². The molecule has 0 spiro atoms. The van der Waals surface area contributed by atoms with Gasteiger partial charge >= 0.3 is 0 Å². The Hall–Kier alpha value is -2.82. The molecule has 0 atom stereocenters. The molecule has 1 aliphatic rings. The Labute approximate surface area is 148 Å². The lowest BCUT2D eigenvalue weighted by Gasteiger charge is -2.26. The molecule has 1 fully saturated rings. The first-order valence-corrected chi connectivity index (χ1v) is 8.70. The van der Waals surface area contributed by atoms with Crippen molar-refractivity contribution in [1.82, 2.24) is 4.90 Å². The van der Waals surface area contributed by atoms with Crippen LogP contribution in [0.4, 0.5) is 11.4 Å². The number of piperidine rings is 1. The van der Waals surface area contributed by atoms with Crippen LogP contribution in [0.1, 0.15) is 29.6 Å². The van der Waals surface area contributed by atoms with E-state index in [-0.39, 0.29) is 18.4 Å². The SMILES string of the molecule is O=C(Nc1cccc(NCC(=O)N2CCCCC2)c1)c1ccccc1. The normalized spacial score (nSPS) is 14.0. The van der Waals surface area contributed by atoms with Crippen LogP contribution in [-0.2, 0) is 4.79 Å². The minimum atomic E-state index is -0.151. The number of carbonyl (C=O) groups excluding carboxylic acids is 2. The van der Waals surface area contributed by atoms with Gasteiger partial charge < -0.3 is 15.5 Å². The summed E-state index contributed by atoms with van der Waals surface area (Å²) in [6.45, 7) is 1.98. The Kier molecular flexibility index (Phi) is 5.67. The van der Waals surface area contributed by atoms with Gasteiger partial charge in [-0.05, 0) is 49.6 Å². The van der Waals surface area contributed by atoms with Gasteiger partial charge in [0, 0.05) is 30.0 Å². The molecule has 25 heavy (non-hydrogen) atoms. The maximum atomic E-state index is 12.2. The number of nitrogens with zero attached hydrogens (tertiary/aromatic N) is 1. The molecule has 0 saturated carbocycles. The molecule has 130 valence electrons. The van der Waals surface area contributed by atoms with Gasteiger partial charge in [-0.15, -0.1) is 0 Å². The molecule has 2 aromatic rings. The summed E-state index contributed by atoms with van der Waals surface area (Å²) in [5, 5.41) is 6.03. The number of hydrogen-bond acceptors (Lipinski definition) is 3. The smallest absolute Gasteiger partial charge is 0.255 e. The summed E-state index contributed by atoms with van der Waals surface area (Å²) < 4.78 is 0. The Morgan fingerprint density at radius 3 is 2.36 bits per heavy atom. The Morgan fingerprint density at radius 2 is 1.60 bits per heavy atom. The van der Waals surface area contributed by atoms with Crippen LogP contribution in [0.5, 0.6) is 0 Å². The number of hydrogen-bond donors (Lipinski definition) is 2. The summed E-state index contributed by atoms with van der Waals surface area (Å²) in [4.78, 5) is 26.3. The second kappa shape index (κ2) is 8.33. The lowest BCUT2D eigenvalue weighted by molar-refractivity contribution is -0.130. The molecule has 0 bridgehead atoms. The number of amides is 2. The largest absolute Gasteiger partial charge is 0.376 e. The van der Waals surface area contributed by atoms with E-state index in [0.29, 0.717) is 11.3 Å². The van der Waals surface area contributed by atoms with Gasteiger partial charge in [-0.2, -0.15) is 0 Å². The third-order valence-corrected chi connectivity index (χ3v) is 4.31. The van der Waals surface area contributed by atoms with Crippen molar-refractivity contribution < 1.29 is 9.59 Å². The maximum Gasteiger partial charge on any atom is 0.255 e. The van der Waals surface area contributed by atoms with E-state index < -0.39 is 0 Å². The molecule has 2 N–H and O–H groups in total. The van der Waals surface area contributed by atoms with Crippen LogP contribution in [0.2, 0.25) is 0 Å². The van der Waals surface area contributed by atoms with Gasteiger partial charge in [0.2, 0.25) is 5.91 Å². The number of carbonyl (C=O) groups is 2. The highest BCUT2D eigenvalue weighted by molar-refractivity contribution is 6.04. The van der Waals surface area contributed by atoms with Crippen LogP contribution in [-0.4, -0.2) is 36.3 Å². The third-order valence-electron chi connectivity index (χ3n) is 4.31. The van der Waals surface area contributed by atoms with E-state index >= 15 is 0 Å². The maximum absolute atomic E-state index is 12.2. The molecular formula is C20H23N3O2. The minimum absolute atomic E-state index is 0.124. The van der Waals surface area contributed by atoms with Crippen molar-refractivity contribution in [1.29, 1.82) is 0 Å². The predicted octanol–water partition coefficient (Wildman–Crippen LogP) is 3.36. The Morgan fingerprint density at radius 1 is 0.880 bits per heavy atom. The van der Waals surface area contributed by atoms with E-state index in [1.807, 2.05) is 47.4 Å². The number of likely N-dealkylation sites (tertiary alicyclic amines) is 1. The molecule has 1 aliphatic heterocycles. The highest BCUT2D eigenvalue weighted by Gasteiger charge is 2.15. The minimum Gasteiger partial charge on any atom is -0.376 e. The zero-order chi connectivity index (χ0) is 17.5. The number of rotatable bonds is 5. The molecule has 3 rings (SSSR count). The molecule has 1 saturated heterocycles. The zero-order valence-electron chi connectivity index (χ0n) is 14.2. The van der Waals surface area contributed by atoms with E-state index in [0.717, 1.165) is 31.6 Å². The van der Waals surface area contributed by atoms with Crippen molar-refractivity contribution in [2.45, 2.75) is 19.3 Å². The second-order valence-corrected chi connectivity index (χ2v) is 6.20. The molecule has 5 heteroatoms. The fraction of sp³-hybridized carbons (Fsp3) is 0.300. The topological polar surface area (TPSA) is 61.4 Å². The Bertz CT molecular complexity index is 725. The molecule has 0 radical (unpaired) electrons. The van der Waals surface area contributed by atoms with E-state index in [1.165, 1.54) is 6.42 Å². The fourth-order valence-electron chi connectivity index (χ4n) is 2.93. The summed E-state index contributed by atoms with van der Waals surface area (Å²) in [7, 11) is 0. The summed E-state index contributed by atoms with van der Waals surface area (Å²) in [5.41, 5.74) is 2.13. The summed E-state index contributed by atoms with van der Waals surface area (Å²) in [5.74, 6) is -0.0273. The predicted molar refractivity (Wildman–Crippen MR) is 99.8 cm³/mol. The third kappa shape index (κ3) is 4.83. The number of benzene rings is 2. The first kappa shape index (κ1) is 17.0. The van der Waals surface area contributed by atoms with Crippen LogP contribution in [0.25, 0.3) is 0 Å². The molecule has 1 heterocycles. The van der Waals surface area contributed by atoms with Crippen LogP contribution < -0.4 is 10.6 Å². The van der Waals surface area contributed by atoms with Crippen LogP contribution in [0, 0.1) is 0 Å². The van der Waals surface area contributed by atoms with Gasteiger partial charge in [0.1, 0.15) is 0 Å². The Balaban J connectivity index is 1.56. The van der Waals surface area contributed by atoms with Gasteiger partial charge in [-0.3, -0.25) is 9.59 Å². The average Bonchev–Trinajstić information content (AvgIpc) is 2.68. The van der Waals surface area contributed by atoms with Crippen LogP contribution >= 0.6 is 0 Å². The lowest BCUT2D eigenvalue weighted by atomic mass is 10.1. The van der Waals surface area contributed by atoms with E-state index in [9.17, 15) is 9.59 Å². The highest BCUT2D eigenvalue weighted by atomic mass is 16.2. The quantitative estimate of drug-likeness (QED) is 0.879. The fourth-order valence-corrected chi connectivity index (χ4v) is 2.93. The van der Waals surface area contributed by atoms with Crippen molar-refractivity contribution in [2.75, 3.05) is 30.3 Å². The second-order valence-electron chi connectivity index (χ2n) is 6.20. The monoisotopic (exact) mass is 337 g/mol. The standard InChI is InChI=1S/C20H23N3O2/c24-19(23-12-5-2-6-13-23)15-21-17-10-7-11-18(14-17)22-20(25)16-8-3-1-4-9-16/h1,3-4,7-11,14,21H,2,5-6,12-13,15H2,(H,22,25). The lowest BCUT2D eigenvalue weighted by Crippen LogP contribution is -2.39. The van der Waals surface area contributed by atoms with Crippen molar-refractivity contribution in [3.8, 4) is 0 Å². The van der Waals surface area contributed by atoms with Gasteiger partial charge in [0.25, 0.3) is 5.91 Å². The van der Waals surface area contributed by atoms with E-state index in [1.54, 1.807) is 12.1 Å². The first-order valence-electron chi connectivity index (χ1n) is 8.70. The van der Waals surface area contributed by atoms with Crippen molar-refractivity contribution in [2.24, 2.45) is 0 Å². The molecule has 2 amide bonds. The molecule has 0 unspecified atom stereocenters. The summed E-state index contributed by atoms with van der Waals surface area (Å²) in [6.07, 6.45) is 3.39. The summed E-state index contributed by atoms with van der Waals surface area (Å²) in [6, 6.07) is 16.5. The van der Waals surface area contributed by atoms with Crippen LogP contribution in [0.15, 0.2) is 54.6 Å². The molecule has 0 aliphatic carbocycles. The number of anilines is 2. The molecule has 2 aromatic carbocycles. The average molecular weight is 337 g/mol. The molecule has 5 nitrogen and oxygen atoms in total. The van der Waals surface area contributed by atoms with E-state index in [2.05, 4.69) is 10.6 Å². The van der Waals surface area contributed by atoms with Crippen molar-refractivity contribution in [3.63, 3.8) is 0 Å². The zero-order valence-corrected chi connectivity index (χ0v) is 14.2. The highest BCUT2D eigenvalue weighted by Crippen LogP contribution is 2.16. The molecule has 0 aromatic heterocycles. The van der Waals surface area contributed by atoms with Gasteiger partial charge in [-0.1, -0.05) is 24.3 Å². The summed E-state index contributed by atoms with van der Waals surface area (Å²) >= 11 is 0. The van der Waals surface area contributed by atoms with Gasteiger partial charge in [0.15, 0.2) is 0 Å². The molecular weight excluding hydrogens is 314 g/mol. The van der Waals surface area contributed by atoms with Crippen molar-refractivity contribution in [3.05, 3.63) is 60.2 Å². The van der Waals surface area contributed by atoms with Crippen molar-refractivity contribution >= 4 is 23.2 Å².